The summed E-state index contributed by atoms with van der Waals surface area (Å²) in [5.41, 5.74) is 6.63. The Morgan fingerprint density at radius 1 is 0.898 bits per heavy atom. The maximum Gasteiger partial charge on any atom is 0.303 e. The van der Waals surface area contributed by atoms with Gasteiger partial charge in [0, 0.05) is 50.0 Å². The van der Waals surface area contributed by atoms with Crippen molar-refractivity contribution in [1.82, 2.24) is 10.2 Å². The first-order valence-electron chi connectivity index (χ1n) is 17.8. The van der Waals surface area contributed by atoms with Gasteiger partial charge in [-0.1, -0.05) is 88.4 Å². The molecule has 1 aliphatic carbocycles. The fourth-order valence-electron chi connectivity index (χ4n) is 8.76. The molecule has 1 amide bonds. The molecule has 0 spiro atoms. The number of rotatable bonds is 12. The molecule has 2 unspecified atom stereocenters. The topological polar surface area (TPSA) is 108 Å². The lowest BCUT2D eigenvalue weighted by Gasteiger charge is -2.43. The Bertz CT molecular complexity index is 1620. The second-order valence-electron chi connectivity index (χ2n) is 15.8. The molecule has 0 aromatic heterocycles. The monoisotopic (exact) mass is 668 g/mol. The first-order chi connectivity index (χ1) is 23.4. The van der Waals surface area contributed by atoms with Gasteiger partial charge in [0.1, 0.15) is 0 Å². The number of nitrogens with zero attached hydrogens (tertiary/aromatic N) is 1. The molecule has 6 rings (SSSR count). The van der Waals surface area contributed by atoms with Gasteiger partial charge in [-0.25, -0.2) is 0 Å². The van der Waals surface area contributed by atoms with Crippen molar-refractivity contribution in [1.29, 1.82) is 0 Å². The van der Waals surface area contributed by atoms with Gasteiger partial charge in [0.2, 0.25) is 5.91 Å². The number of benzene rings is 3. The summed E-state index contributed by atoms with van der Waals surface area (Å²) in [5.74, 6) is -0.923. The van der Waals surface area contributed by atoms with Crippen LogP contribution >= 0.6 is 0 Å². The lowest BCUT2D eigenvalue weighted by Crippen LogP contribution is -2.46. The molecule has 2 aliphatic heterocycles. The third kappa shape index (κ3) is 8.61. The Morgan fingerprint density at radius 2 is 1.63 bits per heavy atom. The molecule has 3 N–H and O–H groups in total. The van der Waals surface area contributed by atoms with E-state index in [0.29, 0.717) is 29.8 Å². The molecule has 1 saturated carbocycles. The quantitative estimate of drug-likeness (QED) is 0.185. The predicted octanol–water partition coefficient (Wildman–Crippen LogP) is 7.41. The zero-order valence-corrected chi connectivity index (χ0v) is 29.4. The summed E-state index contributed by atoms with van der Waals surface area (Å²) in [4.78, 5) is 25.7. The SMILES string of the molecule is C[C@@H]1[C@H](CN2CC3(C)CC2CC(C)(C)C3)O[C@H](c2cccc(-c3cccc(CNC(=O)CCCC(=O)O)c3)c2)O[C@@H]1c1ccc(CO)cc1. The molecule has 8 heteroatoms. The Balaban J connectivity index is 1.21. The van der Waals surface area contributed by atoms with Crippen LogP contribution in [0.3, 0.4) is 0 Å². The smallest absolute Gasteiger partial charge is 0.303 e. The Kier molecular flexibility index (Phi) is 10.6. The van der Waals surface area contributed by atoms with Gasteiger partial charge < -0.3 is 25.0 Å². The van der Waals surface area contributed by atoms with Crippen LogP contribution in [0.15, 0.2) is 72.8 Å². The number of hydrogen-bond acceptors (Lipinski definition) is 6. The number of likely N-dealkylation sites (tertiary alicyclic amines) is 1. The van der Waals surface area contributed by atoms with Crippen LogP contribution in [0.2, 0.25) is 0 Å². The number of carbonyl (C=O) groups is 2. The second-order valence-corrected chi connectivity index (χ2v) is 15.8. The van der Waals surface area contributed by atoms with Crippen molar-refractivity contribution in [2.75, 3.05) is 13.1 Å². The average Bonchev–Trinajstić information content (AvgIpc) is 3.31. The van der Waals surface area contributed by atoms with Crippen molar-refractivity contribution in [3.63, 3.8) is 0 Å². The summed E-state index contributed by atoms with van der Waals surface area (Å²) in [6.07, 6.45) is 3.47. The molecule has 8 nitrogen and oxygen atoms in total. The van der Waals surface area contributed by atoms with Gasteiger partial charge >= 0.3 is 5.97 Å². The molecule has 2 heterocycles. The Morgan fingerprint density at radius 3 is 2.37 bits per heavy atom. The average molecular weight is 669 g/mol. The van der Waals surface area contributed by atoms with Gasteiger partial charge in [-0.15, -0.1) is 0 Å². The molecule has 3 aromatic rings. The molecular formula is C41H52N2O6. The molecule has 0 radical (unpaired) electrons. The van der Waals surface area contributed by atoms with E-state index in [4.69, 9.17) is 14.6 Å². The lowest BCUT2D eigenvalue weighted by atomic mass is 9.65. The summed E-state index contributed by atoms with van der Waals surface area (Å²) >= 11 is 0. The number of aliphatic hydroxyl groups excluding tert-OH is 1. The van der Waals surface area contributed by atoms with Crippen LogP contribution < -0.4 is 5.32 Å². The number of nitrogens with one attached hydrogen (secondary N) is 1. The maximum absolute atomic E-state index is 12.2. The molecule has 2 bridgehead atoms. The standard InChI is InChI=1S/C41H52N2O6/c1-27-35(23-43-26-41(4)21-34(43)20-40(2,3)25-41)48-39(49-38(27)30-16-14-28(24-44)15-17-30)33-11-6-10-32(19-33)31-9-5-8-29(18-31)22-42-36(45)12-7-13-37(46)47/h5-6,8-11,14-19,27,34-35,38-39,44H,7,12-13,20-26H2,1-4H3,(H,42,45)(H,46,47)/t27-,34?,35+,38+,39+,41?/m1/s1. The zero-order chi connectivity index (χ0) is 34.8. The first-order valence-corrected chi connectivity index (χ1v) is 17.8. The van der Waals surface area contributed by atoms with Crippen molar-refractivity contribution < 1.29 is 29.3 Å². The minimum Gasteiger partial charge on any atom is -0.481 e. The number of ether oxygens (including phenoxy) is 2. The number of hydrogen-bond donors (Lipinski definition) is 3. The number of carboxylic acid groups (broad SMARTS) is 1. The van der Waals surface area contributed by atoms with Crippen LogP contribution in [0, 0.1) is 16.7 Å². The third-order valence-electron chi connectivity index (χ3n) is 10.8. The van der Waals surface area contributed by atoms with Gasteiger partial charge in [0.15, 0.2) is 6.29 Å². The van der Waals surface area contributed by atoms with E-state index in [1.807, 2.05) is 30.3 Å². The van der Waals surface area contributed by atoms with Crippen LogP contribution in [-0.2, 0) is 32.2 Å². The molecule has 3 aliphatic rings. The molecule has 6 atom stereocenters. The highest BCUT2D eigenvalue weighted by Gasteiger charge is 2.51. The molecule has 3 aromatic carbocycles. The summed E-state index contributed by atoms with van der Waals surface area (Å²) < 4.78 is 13.7. The Hall–Kier alpha value is -3.56. The number of carbonyl (C=O) groups excluding carboxylic acids is 1. The van der Waals surface area contributed by atoms with E-state index < -0.39 is 12.3 Å². The normalized spacial score (nSPS) is 27.9. The lowest BCUT2D eigenvalue weighted by molar-refractivity contribution is -0.276. The van der Waals surface area contributed by atoms with E-state index in [-0.39, 0.29) is 43.5 Å². The van der Waals surface area contributed by atoms with Crippen molar-refractivity contribution in [2.45, 2.75) is 104 Å². The van der Waals surface area contributed by atoms with Gasteiger partial charge in [0.05, 0.1) is 18.8 Å². The minimum absolute atomic E-state index is 0.00827. The molecular weight excluding hydrogens is 616 g/mol. The first kappa shape index (κ1) is 35.3. The Labute approximate surface area is 290 Å². The highest BCUT2D eigenvalue weighted by Crippen LogP contribution is 2.53. The fraction of sp³-hybridized carbons (Fsp3) is 0.512. The number of fused-ring (bicyclic) bond motifs is 2. The van der Waals surface area contributed by atoms with E-state index >= 15 is 0 Å². The van der Waals surface area contributed by atoms with Crippen LogP contribution in [-0.4, -0.2) is 52.2 Å². The number of amides is 1. The van der Waals surface area contributed by atoms with Crippen molar-refractivity contribution in [2.24, 2.45) is 16.7 Å². The highest BCUT2D eigenvalue weighted by atomic mass is 16.7. The summed E-state index contributed by atoms with van der Waals surface area (Å²) in [6, 6.07) is 25.1. The van der Waals surface area contributed by atoms with Gasteiger partial charge in [-0.05, 0) is 76.5 Å². The van der Waals surface area contributed by atoms with Crippen LogP contribution in [0.4, 0.5) is 0 Å². The van der Waals surface area contributed by atoms with Crippen LogP contribution in [0.25, 0.3) is 11.1 Å². The highest BCUT2D eigenvalue weighted by molar-refractivity contribution is 5.76. The van der Waals surface area contributed by atoms with Gasteiger partial charge in [-0.2, -0.15) is 0 Å². The van der Waals surface area contributed by atoms with Gasteiger partial charge in [0.25, 0.3) is 0 Å². The summed E-state index contributed by atoms with van der Waals surface area (Å²) in [6.45, 7) is 11.9. The summed E-state index contributed by atoms with van der Waals surface area (Å²) in [7, 11) is 0. The van der Waals surface area contributed by atoms with Crippen LogP contribution in [0.1, 0.15) is 101 Å². The number of aliphatic carboxylic acids is 1. The molecule has 2 saturated heterocycles. The minimum atomic E-state index is -0.892. The van der Waals surface area contributed by atoms with E-state index in [0.717, 1.165) is 46.5 Å². The van der Waals surface area contributed by atoms with Gasteiger partial charge in [-0.3, -0.25) is 14.5 Å². The molecule has 3 fully saturated rings. The largest absolute Gasteiger partial charge is 0.481 e. The maximum atomic E-state index is 12.2. The van der Waals surface area contributed by atoms with Crippen molar-refractivity contribution >= 4 is 11.9 Å². The van der Waals surface area contributed by atoms with Crippen molar-refractivity contribution in [3.05, 3.63) is 95.1 Å². The van der Waals surface area contributed by atoms with E-state index in [9.17, 15) is 14.7 Å². The molecule has 262 valence electrons. The van der Waals surface area contributed by atoms with E-state index in [1.165, 1.54) is 19.3 Å². The zero-order valence-electron chi connectivity index (χ0n) is 29.4. The number of carboxylic acids is 1. The van der Waals surface area contributed by atoms with E-state index in [2.05, 4.69) is 80.4 Å². The number of aliphatic hydroxyl groups is 1. The predicted molar refractivity (Wildman–Crippen MR) is 189 cm³/mol. The second kappa shape index (κ2) is 14.7. The van der Waals surface area contributed by atoms with Crippen LogP contribution in [0.5, 0.6) is 0 Å². The summed E-state index contributed by atoms with van der Waals surface area (Å²) in [5, 5.41) is 21.4. The fourth-order valence-corrected chi connectivity index (χ4v) is 8.76. The van der Waals surface area contributed by atoms with E-state index in [1.54, 1.807) is 0 Å². The third-order valence-corrected chi connectivity index (χ3v) is 10.8. The molecule has 49 heavy (non-hydrogen) atoms. The van der Waals surface area contributed by atoms with Crippen molar-refractivity contribution in [3.8, 4) is 11.1 Å².